The van der Waals surface area contributed by atoms with E-state index in [-0.39, 0.29) is 7.43 Å². The van der Waals surface area contributed by atoms with Gasteiger partial charge in [0.15, 0.2) is 0 Å². The van der Waals surface area contributed by atoms with Crippen LogP contribution in [0.2, 0.25) is 0 Å². The summed E-state index contributed by atoms with van der Waals surface area (Å²) in [6.45, 7) is 8.07. The van der Waals surface area contributed by atoms with Crippen molar-refractivity contribution >= 4 is 5.57 Å². The van der Waals surface area contributed by atoms with E-state index in [0.717, 1.165) is 0 Å². The third-order valence-electron chi connectivity index (χ3n) is 2.00. The van der Waals surface area contributed by atoms with Crippen molar-refractivity contribution in [1.82, 2.24) is 0 Å². The maximum absolute atomic E-state index is 2.12. The molecule has 0 aliphatic rings. The fraction of sp³-hybridized carbons (Fsp3) is 0.294. The minimum Gasteiger partial charge on any atom is -0.0877 e. The van der Waals surface area contributed by atoms with Gasteiger partial charge in [-0.1, -0.05) is 82.0 Å². The van der Waals surface area contributed by atoms with Crippen LogP contribution in [0.3, 0.4) is 0 Å². The van der Waals surface area contributed by atoms with Crippen molar-refractivity contribution in [2.75, 3.05) is 0 Å². The predicted molar refractivity (Wildman–Crippen MR) is 82.1 cm³/mol. The van der Waals surface area contributed by atoms with Gasteiger partial charge < -0.3 is 0 Å². The van der Waals surface area contributed by atoms with Gasteiger partial charge in [-0.15, -0.1) is 0 Å². The third-order valence-corrected chi connectivity index (χ3v) is 2.00. The summed E-state index contributed by atoms with van der Waals surface area (Å²) >= 11 is 0. The van der Waals surface area contributed by atoms with Crippen molar-refractivity contribution in [2.45, 2.75) is 35.1 Å². The van der Waals surface area contributed by atoms with Crippen LogP contribution in [-0.2, 0) is 0 Å². The van der Waals surface area contributed by atoms with Crippen LogP contribution in [0.15, 0.2) is 60.7 Å². The minimum absolute atomic E-state index is 0. The topological polar surface area (TPSA) is 0 Å². The van der Waals surface area contributed by atoms with Gasteiger partial charge in [-0.2, -0.15) is 0 Å². The van der Waals surface area contributed by atoms with E-state index in [0.29, 0.717) is 0 Å². The Labute approximate surface area is 107 Å². The van der Waals surface area contributed by atoms with Gasteiger partial charge in [0.2, 0.25) is 0 Å². The zero-order valence-corrected chi connectivity index (χ0v) is 10.8. The van der Waals surface area contributed by atoms with Crippen molar-refractivity contribution in [3.05, 3.63) is 66.3 Å². The van der Waals surface area contributed by atoms with Gasteiger partial charge in [-0.25, -0.2) is 0 Å². The van der Waals surface area contributed by atoms with Crippen molar-refractivity contribution in [3.8, 4) is 0 Å². The van der Waals surface area contributed by atoms with Crippen molar-refractivity contribution in [3.63, 3.8) is 0 Å². The average Bonchev–Trinajstić information content (AvgIpc) is 2.38. The number of rotatable bonds is 3. The van der Waals surface area contributed by atoms with Gasteiger partial charge in [0.05, 0.1) is 0 Å². The third kappa shape index (κ3) is 7.35. The van der Waals surface area contributed by atoms with E-state index in [1.165, 1.54) is 11.1 Å². The summed E-state index contributed by atoms with van der Waals surface area (Å²) in [6.07, 6.45) is 10.4. The lowest BCUT2D eigenvalue weighted by Gasteiger charge is -1.99. The molecule has 0 atom stereocenters. The molecule has 0 nitrogen and oxygen atoms in total. The Bertz CT molecular complexity index is 340. The van der Waals surface area contributed by atoms with E-state index in [1.54, 1.807) is 0 Å². The van der Waals surface area contributed by atoms with Crippen LogP contribution < -0.4 is 0 Å². The summed E-state index contributed by atoms with van der Waals surface area (Å²) in [7, 11) is 0. The Kier molecular flexibility index (Phi) is 13.1. The van der Waals surface area contributed by atoms with Crippen LogP contribution in [0.1, 0.15) is 40.7 Å². The normalized spacial score (nSPS) is 10.9. The maximum Gasteiger partial charge on any atom is -0.0187 e. The molecule has 0 heterocycles. The summed E-state index contributed by atoms with van der Waals surface area (Å²) in [5.41, 5.74) is 2.51. The summed E-state index contributed by atoms with van der Waals surface area (Å²) in [5.74, 6) is 0. The zero-order valence-electron chi connectivity index (χ0n) is 10.8. The molecule has 0 bridgehead atoms. The second-order valence-corrected chi connectivity index (χ2v) is 2.99. The van der Waals surface area contributed by atoms with Crippen molar-refractivity contribution < 1.29 is 0 Å². The predicted octanol–water partition coefficient (Wildman–Crippen LogP) is 5.88. The van der Waals surface area contributed by atoms with Crippen molar-refractivity contribution in [2.24, 2.45) is 0 Å². The zero-order chi connectivity index (χ0) is 12.2. The standard InChI is InChI=1S/C14H16.C2H6.CH4/c1-3-5-7-10-13(4-2)14-11-8-6-9-12-14;1-2;/h3-12H,1-2H3;1-2H3;1H4/b5-3-,10-7-,13-4+;;. The molecule has 0 radical (unpaired) electrons. The number of hydrogen-bond donors (Lipinski definition) is 0. The summed E-state index contributed by atoms with van der Waals surface area (Å²) in [6, 6.07) is 10.4. The lowest BCUT2D eigenvalue weighted by Crippen LogP contribution is -1.78. The molecule has 0 aliphatic carbocycles. The Hall–Kier alpha value is -1.56. The largest absolute Gasteiger partial charge is 0.0877 e. The number of benzene rings is 1. The molecule has 1 aromatic rings. The van der Waals surface area contributed by atoms with Crippen LogP contribution in [-0.4, -0.2) is 0 Å². The average molecular weight is 230 g/mol. The van der Waals surface area contributed by atoms with Gasteiger partial charge >= 0.3 is 0 Å². The SMILES string of the molecule is C.CC.C\C=C/C=C\C(=C/C)c1ccccc1. The Morgan fingerprint density at radius 3 is 2.00 bits per heavy atom. The molecule has 0 saturated carbocycles. The van der Waals surface area contributed by atoms with Crippen LogP contribution in [0.4, 0.5) is 0 Å². The Morgan fingerprint density at radius 1 is 0.941 bits per heavy atom. The second-order valence-electron chi connectivity index (χ2n) is 2.99. The Balaban J connectivity index is 0. The Morgan fingerprint density at radius 2 is 1.53 bits per heavy atom. The molecule has 1 rings (SSSR count). The molecule has 0 amide bonds. The van der Waals surface area contributed by atoms with Crippen LogP contribution >= 0.6 is 0 Å². The van der Waals surface area contributed by atoms with Gasteiger partial charge in [0, 0.05) is 0 Å². The molecular weight excluding hydrogens is 204 g/mol. The molecule has 0 spiro atoms. The van der Waals surface area contributed by atoms with E-state index >= 15 is 0 Å². The lowest BCUT2D eigenvalue weighted by atomic mass is 10.1. The van der Waals surface area contributed by atoms with E-state index in [9.17, 15) is 0 Å². The molecule has 0 aromatic heterocycles. The molecule has 0 N–H and O–H groups in total. The van der Waals surface area contributed by atoms with Gasteiger partial charge in [-0.05, 0) is 25.0 Å². The smallest absolute Gasteiger partial charge is 0.0187 e. The molecular formula is C17H26. The fourth-order valence-corrected chi connectivity index (χ4v) is 1.26. The van der Waals surface area contributed by atoms with Crippen LogP contribution in [0.5, 0.6) is 0 Å². The molecule has 0 heteroatoms. The first-order valence-corrected chi connectivity index (χ1v) is 5.89. The van der Waals surface area contributed by atoms with Crippen molar-refractivity contribution in [1.29, 1.82) is 0 Å². The quantitative estimate of drug-likeness (QED) is 0.568. The molecule has 0 unspecified atom stereocenters. The van der Waals surface area contributed by atoms with Crippen LogP contribution in [0, 0.1) is 0 Å². The molecule has 0 saturated heterocycles. The number of allylic oxidation sites excluding steroid dienone is 6. The van der Waals surface area contributed by atoms with E-state index in [2.05, 4.69) is 49.4 Å². The monoisotopic (exact) mass is 230 g/mol. The van der Waals surface area contributed by atoms with Gasteiger partial charge in [0.1, 0.15) is 0 Å². The lowest BCUT2D eigenvalue weighted by molar-refractivity contribution is 1.50. The fourth-order valence-electron chi connectivity index (χ4n) is 1.26. The van der Waals surface area contributed by atoms with E-state index in [4.69, 9.17) is 0 Å². The van der Waals surface area contributed by atoms with E-state index < -0.39 is 0 Å². The maximum atomic E-state index is 2.12. The van der Waals surface area contributed by atoms with Gasteiger partial charge in [-0.3, -0.25) is 0 Å². The van der Waals surface area contributed by atoms with E-state index in [1.807, 2.05) is 39.0 Å². The minimum atomic E-state index is 0. The summed E-state index contributed by atoms with van der Waals surface area (Å²) < 4.78 is 0. The van der Waals surface area contributed by atoms with Gasteiger partial charge in [0.25, 0.3) is 0 Å². The summed E-state index contributed by atoms with van der Waals surface area (Å²) in [5, 5.41) is 0. The second kappa shape index (κ2) is 12.5. The highest BCUT2D eigenvalue weighted by Gasteiger charge is 1.92. The van der Waals surface area contributed by atoms with Crippen LogP contribution in [0.25, 0.3) is 5.57 Å². The highest BCUT2D eigenvalue weighted by atomic mass is 14.0. The first-order chi connectivity index (χ1) is 7.88. The first-order valence-electron chi connectivity index (χ1n) is 5.89. The number of hydrogen-bond acceptors (Lipinski definition) is 0. The highest BCUT2D eigenvalue weighted by Crippen LogP contribution is 2.14. The highest BCUT2D eigenvalue weighted by molar-refractivity contribution is 5.73. The molecule has 17 heavy (non-hydrogen) atoms. The molecule has 0 fully saturated rings. The summed E-state index contributed by atoms with van der Waals surface area (Å²) in [4.78, 5) is 0. The molecule has 0 aliphatic heterocycles. The molecule has 94 valence electrons. The first kappa shape index (κ1) is 17.8. The molecule has 1 aromatic carbocycles.